The third kappa shape index (κ3) is 3.45. The third-order valence-electron chi connectivity index (χ3n) is 5.13. The highest BCUT2D eigenvalue weighted by atomic mass is 16.3. The van der Waals surface area contributed by atoms with Gasteiger partial charge in [0.15, 0.2) is 0 Å². The number of hydrogen-bond acceptors (Lipinski definition) is 2. The topological polar surface area (TPSA) is 32.3 Å². The summed E-state index contributed by atoms with van der Waals surface area (Å²) in [6.07, 6.45) is 10.8. The van der Waals surface area contributed by atoms with E-state index in [0.717, 1.165) is 24.4 Å². The van der Waals surface area contributed by atoms with Crippen molar-refractivity contribution in [3.63, 3.8) is 0 Å². The summed E-state index contributed by atoms with van der Waals surface area (Å²) in [7, 11) is 0. The zero-order valence-electron chi connectivity index (χ0n) is 11.3. The highest BCUT2D eigenvalue weighted by Gasteiger charge is 2.29. The van der Waals surface area contributed by atoms with Crippen LogP contribution in [0, 0.1) is 17.8 Å². The molecule has 2 rings (SSSR count). The Balaban J connectivity index is 1.76. The molecule has 2 heteroatoms. The molecule has 2 N–H and O–H groups in total. The molecule has 0 heterocycles. The van der Waals surface area contributed by atoms with Gasteiger partial charge >= 0.3 is 0 Å². The van der Waals surface area contributed by atoms with Gasteiger partial charge in [0.1, 0.15) is 0 Å². The minimum Gasteiger partial charge on any atom is -0.396 e. The van der Waals surface area contributed by atoms with Gasteiger partial charge in [-0.3, -0.25) is 0 Å². The van der Waals surface area contributed by atoms with Crippen molar-refractivity contribution in [1.29, 1.82) is 0 Å². The van der Waals surface area contributed by atoms with Crippen molar-refractivity contribution >= 4 is 0 Å². The van der Waals surface area contributed by atoms with Crippen molar-refractivity contribution < 1.29 is 5.11 Å². The van der Waals surface area contributed by atoms with Crippen molar-refractivity contribution in [2.45, 2.75) is 64.3 Å². The Hall–Kier alpha value is -0.0800. The summed E-state index contributed by atoms with van der Waals surface area (Å²) in [6.45, 7) is 3.87. The van der Waals surface area contributed by atoms with E-state index in [1.807, 2.05) is 0 Å². The molecule has 2 aliphatic carbocycles. The van der Waals surface area contributed by atoms with Crippen LogP contribution in [0.25, 0.3) is 0 Å². The van der Waals surface area contributed by atoms with Gasteiger partial charge in [0, 0.05) is 12.6 Å². The standard InChI is InChI=1S/C15H29NO/c1-2-12-6-3-4-9-15(12)16-10-13-7-5-8-14(13)11-17/h12-17H,2-11H2,1H3. The lowest BCUT2D eigenvalue weighted by Gasteiger charge is -2.33. The predicted octanol–water partition coefficient (Wildman–Crippen LogP) is 2.95. The molecule has 0 radical (unpaired) electrons. The largest absolute Gasteiger partial charge is 0.396 e. The number of rotatable bonds is 5. The molecular formula is C15H29NO. The zero-order chi connectivity index (χ0) is 12.1. The first-order valence-corrected chi connectivity index (χ1v) is 7.69. The highest BCUT2D eigenvalue weighted by Crippen LogP contribution is 2.32. The van der Waals surface area contributed by atoms with Crippen LogP contribution in [-0.2, 0) is 0 Å². The van der Waals surface area contributed by atoms with E-state index in [4.69, 9.17) is 0 Å². The van der Waals surface area contributed by atoms with Gasteiger partial charge < -0.3 is 10.4 Å². The van der Waals surface area contributed by atoms with E-state index in [2.05, 4.69) is 12.2 Å². The fourth-order valence-electron chi connectivity index (χ4n) is 3.89. The number of aliphatic hydroxyl groups is 1. The Labute approximate surface area is 106 Å². The Morgan fingerprint density at radius 3 is 2.41 bits per heavy atom. The molecule has 0 aromatic rings. The smallest absolute Gasteiger partial charge is 0.0462 e. The van der Waals surface area contributed by atoms with E-state index in [1.165, 1.54) is 51.4 Å². The van der Waals surface area contributed by atoms with E-state index in [0.29, 0.717) is 12.5 Å². The Bertz CT molecular complexity index is 219. The van der Waals surface area contributed by atoms with Gasteiger partial charge in [-0.05, 0) is 50.0 Å². The van der Waals surface area contributed by atoms with Crippen LogP contribution in [0.5, 0.6) is 0 Å². The number of nitrogens with one attached hydrogen (secondary N) is 1. The van der Waals surface area contributed by atoms with Crippen LogP contribution in [0.3, 0.4) is 0 Å². The van der Waals surface area contributed by atoms with Gasteiger partial charge in [-0.25, -0.2) is 0 Å². The summed E-state index contributed by atoms with van der Waals surface area (Å²) in [5.41, 5.74) is 0. The van der Waals surface area contributed by atoms with E-state index in [1.54, 1.807) is 0 Å². The molecule has 0 saturated heterocycles. The molecule has 2 saturated carbocycles. The molecule has 100 valence electrons. The summed E-state index contributed by atoms with van der Waals surface area (Å²) in [6, 6.07) is 0.758. The van der Waals surface area contributed by atoms with Gasteiger partial charge in [-0.1, -0.05) is 32.6 Å². The van der Waals surface area contributed by atoms with Crippen LogP contribution in [0.1, 0.15) is 58.3 Å². The molecule has 0 amide bonds. The first-order chi connectivity index (χ1) is 8.35. The molecule has 0 aliphatic heterocycles. The quantitative estimate of drug-likeness (QED) is 0.773. The highest BCUT2D eigenvalue weighted by molar-refractivity contribution is 4.84. The lowest BCUT2D eigenvalue weighted by molar-refractivity contribution is 0.180. The molecule has 0 bridgehead atoms. The summed E-state index contributed by atoms with van der Waals surface area (Å²) in [4.78, 5) is 0. The fourth-order valence-corrected chi connectivity index (χ4v) is 3.89. The zero-order valence-corrected chi connectivity index (χ0v) is 11.3. The normalized spacial score (nSPS) is 38.5. The van der Waals surface area contributed by atoms with E-state index < -0.39 is 0 Å². The fraction of sp³-hybridized carbons (Fsp3) is 1.00. The lowest BCUT2D eigenvalue weighted by Crippen LogP contribution is -2.41. The summed E-state index contributed by atoms with van der Waals surface area (Å²) in [5, 5.41) is 13.2. The van der Waals surface area contributed by atoms with Crippen LogP contribution in [0.15, 0.2) is 0 Å². The van der Waals surface area contributed by atoms with E-state index in [9.17, 15) is 5.11 Å². The first-order valence-electron chi connectivity index (χ1n) is 7.69. The van der Waals surface area contributed by atoms with Crippen LogP contribution in [0.4, 0.5) is 0 Å². The molecule has 4 atom stereocenters. The van der Waals surface area contributed by atoms with Gasteiger partial charge in [0.25, 0.3) is 0 Å². The molecule has 2 aliphatic rings. The maximum absolute atomic E-state index is 9.34. The van der Waals surface area contributed by atoms with Crippen LogP contribution in [0.2, 0.25) is 0 Å². The number of hydrogen-bond donors (Lipinski definition) is 2. The Morgan fingerprint density at radius 1 is 0.941 bits per heavy atom. The third-order valence-corrected chi connectivity index (χ3v) is 5.13. The Kier molecular flexibility index (Phi) is 5.30. The summed E-state index contributed by atoms with van der Waals surface area (Å²) < 4.78 is 0. The molecule has 0 aromatic carbocycles. The summed E-state index contributed by atoms with van der Waals surface area (Å²) >= 11 is 0. The van der Waals surface area contributed by atoms with Crippen molar-refractivity contribution in [1.82, 2.24) is 5.32 Å². The minimum absolute atomic E-state index is 0.397. The molecule has 17 heavy (non-hydrogen) atoms. The maximum Gasteiger partial charge on any atom is 0.0462 e. The molecule has 0 spiro atoms. The van der Waals surface area contributed by atoms with Crippen LogP contribution in [-0.4, -0.2) is 24.3 Å². The molecule has 2 nitrogen and oxygen atoms in total. The second kappa shape index (κ2) is 6.75. The van der Waals surface area contributed by atoms with Gasteiger partial charge in [-0.2, -0.15) is 0 Å². The monoisotopic (exact) mass is 239 g/mol. The van der Waals surface area contributed by atoms with Gasteiger partial charge in [0.2, 0.25) is 0 Å². The average molecular weight is 239 g/mol. The van der Waals surface area contributed by atoms with E-state index in [-0.39, 0.29) is 0 Å². The summed E-state index contributed by atoms with van der Waals surface area (Å²) in [5.74, 6) is 2.21. The SMILES string of the molecule is CCC1CCCCC1NCC1CCCC1CO. The van der Waals surface area contributed by atoms with E-state index >= 15 is 0 Å². The van der Waals surface area contributed by atoms with Gasteiger partial charge in [0.05, 0.1) is 0 Å². The molecule has 4 unspecified atom stereocenters. The van der Waals surface area contributed by atoms with Crippen molar-refractivity contribution in [2.24, 2.45) is 17.8 Å². The molecular weight excluding hydrogens is 210 g/mol. The minimum atomic E-state index is 0.397. The predicted molar refractivity (Wildman–Crippen MR) is 72.0 cm³/mol. The van der Waals surface area contributed by atoms with Crippen molar-refractivity contribution in [3.05, 3.63) is 0 Å². The van der Waals surface area contributed by atoms with Crippen molar-refractivity contribution in [3.8, 4) is 0 Å². The maximum atomic E-state index is 9.34. The molecule has 0 aromatic heterocycles. The molecule has 2 fully saturated rings. The van der Waals surface area contributed by atoms with Crippen molar-refractivity contribution in [2.75, 3.05) is 13.2 Å². The Morgan fingerprint density at radius 2 is 1.65 bits per heavy atom. The lowest BCUT2D eigenvalue weighted by atomic mass is 9.82. The van der Waals surface area contributed by atoms with Crippen LogP contribution >= 0.6 is 0 Å². The van der Waals surface area contributed by atoms with Crippen LogP contribution < -0.4 is 5.32 Å². The first kappa shape index (κ1) is 13.4. The average Bonchev–Trinajstić information content (AvgIpc) is 2.84. The van der Waals surface area contributed by atoms with Gasteiger partial charge in [-0.15, -0.1) is 0 Å². The second-order valence-electron chi connectivity index (χ2n) is 6.10. The number of aliphatic hydroxyl groups excluding tert-OH is 1. The second-order valence-corrected chi connectivity index (χ2v) is 6.10.